The zero-order valence-corrected chi connectivity index (χ0v) is 21.5. The standard InChI is InChI=1S/C23H23BN6O8S/c1-28-15-22(31)37-24(38-23(32)16-28)21(27-39(35,36)18-12-10-17(11-13-18)30(33)34)9-3-2-6-14-29-25-19-7-4-5-8-20(19)26-29/h4-5,7-8,10-13,21,27H,2,6,14-16H2,1H3. The van der Waals surface area contributed by atoms with Crippen LogP contribution in [0.2, 0.25) is 0 Å². The summed E-state index contributed by atoms with van der Waals surface area (Å²) in [5.74, 6) is 2.59. The van der Waals surface area contributed by atoms with Gasteiger partial charge >= 0.3 is 19.1 Å². The van der Waals surface area contributed by atoms with Crippen LogP contribution in [0.3, 0.4) is 0 Å². The average Bonchev–Trinajstić information content (AvgIpc) is 3.29. The minimum atomic E-state index is -4.31. The zero-order chi connectivity index (χ0) is 28.0. The number of non-ortho nitro benzene ring substituents is 1. The molecule has 3 aromatic rings. The van der Waals surface area contributed by atoms with Gasteiger partial charge in [0.2, 0.25) is 10.0 Å². The minimum absolute atomic E-state index is 0.216. The Morgan fingerprint density at radius 3 is 2.23 bits per heavy atom. The first-order chi connectivity index (χ1) is 18.6. The fraction of sp³-hybridized carbons (Fsp3) is 0.304. The molecule has 1 aromatic heterocycles. The predicted molar refractivity (Wildman–Crippen MR) is 137 cm³/mol. The quantitative estimate of drug-likeness (QED) is 0.135. The number of nitrogens with zero attached hydrogens (tertiary/aromatic N) is 5. The van der Waals surface area contributed by atoms with E-state index in [9.17, 15) is 28.1 Å². The van der Waals surface area contributed by atoms with E-state index in [1.165, 1.54) is 16.7 Å². The van der Waals surface area contributed by atoms with Gasteiger partial charge in [0.05, 0.1) is 29.5 Å². The van der Waals surface area contributed by atoms with Crippen molar-refractivity contribution in [2.45, 2.75) is 30.2 Å². The van der Waals surface area contributed by atoms with Crippen LogP contribution in [0.25, 0.3) is 11.0 Å². The Bertz CT molecular complexity index is 1500. The summed E-state index contributed by atoms with van der Waals surface area (Å²) in [5.41, 5.74) is 1.21. The normalized spacial score (nSPS) is 15.5. The summed E-state index contributed by atoms with van der Waals surface area (Å²) in [6, 6.07) is 11.6. The van der Waals surface area contributed by atoms with Crippen molar-refractivity contribution in [2.75, 3.05) is 20.1 Å². The molecule has 0 saturated carbocycles. The van der Waals surface area contributed by atoms with Crippen LogP contribution in [0.15, 0.2) is 53.4 Å². The highest BCUT2D eigenvalue weighted by Crippen LogP contribution is 2.17. The maximum atomic E-state index is 13.0. The van der Waals surface area contributed by atoms with E-state index < -0.39 is 39.9 Å². The van der Waals surface area contributed by atoms with Crippen molar-refractivity contribution < 1.29 is 32.2 Å². The summed E-state index contributed by atoms with van der Waals surface area (Å²) >= 11 is 0. The van der Waals surface area contributed by atoms with Gasteiger partial charge in [-0.2, -0.15) is 19.7 Å². The molecule has 39 heavy (non-hydrogen) atoms. The van der Waals surface area contributed by atoms with Crippen molar-refractivity contribution in [3.05, 3.63) is 58.6 Å². The van der Waals surface area contributed by atoms with Crippen molar-refractivity contribution in [3.63, 3.8) is 0 Å². The second-order valence-corrected chi connectivity index (χ2v) is 10.3. The number of likely N-dealkylation sites (N-methyl/N-ethyl adjacent to an activating group) is 1. The van der Waals surface area contributed by atoms with Crippen LogP contribution in [0.5, 0.6) is 0 Å². The number of benzene rings is 2. The van der Waals surface area contributed by atoms with Crippen molar-refractivity contribution >= 4 is 45.8 Å². The lowest BCUT2D eigenvalue weighted by molar-refractivity contribution is -0.384. The molecule has 0 spiro atoms. The van der Waals surface area contributed by atoms with Gasteiger partial charge in [0, 0.05) is 18.6 Å². The smallest absolute Gasteiger partial charge is 0.497 e. The lowest BCUT2D eigenvalue weighted by Gasteiger charge is -2.25. The van der Waals surface area contributed by atoms with Gasteiger partial charge in [-0.1, -0.05) is 18.1 Å². The Balaban J connectivity index is 1.51. The van der Waals surface area contributed by atoms with Gasteiger partial charge in [0.1, 0.15) is 17.0 Å². The van der Waals surface area contributed by atoms with E-state index in [1.54, 1.807) is 0 Å². The van der Waals surface area contributed by atoms with Gasteiger partial charge in [-0.15, -0.1) is 5.92 Å². The number of aryl methyl sites for hydroxylation is 1. The van der Waals surface area contributed by atoms with E-state index in [4.69, 9.17) is 9.31 Å². The summed E-state index contributed by atoms with van der Waals surface area (Å²) in [5, 5.41) is 19.6. The molecule has 0 aliphatic carbocycles. The second kappa shape index (κ2) is 12.0. The number of nitro benzene ring substituents is 1. The summed E-state index contributed by atoms with van der Waals surface area (Å²) in [6.07, 6.45) is 0.815. The van der Waals surface area contributed by atoms with E-state index in [0.717, 1.165) is 35.3 Å². The number of hydrogen-bond donors (Lipinski definition) is 1. The molecule has 16 heteroatoms. The third-order valence-electron chi connectivity index (χ3n) is 5.45. The molecule has 0 radical (unpaired) electrons. The number of nitrogens with one attached hydrogen (secondary N) is 1. The highest BCUT2D eigenvalue weighted by Gasteiger charge is 2.41. The van der Waals surface area contributed by atoms with Crippen LogP contribution in [0.1, 0.15) is 12.8 Å². The van der Waals surface area contributed by atoms with Gasteiger partial charge < -0.3 is 9.31 Å². The number of hydrogen-bond acceptors (Lipinski definition) is 11. The lowest BCUT2D eigenvalue weighted by atomic mass is 9.78. The van der Waals surface area contributed by atoms with E-state index in [-0.39, 0.29) is 23.7 Å². The molecular weight excluding hydrogens is 531 g/mol. The van der Waals surface area contributed by atoms with E-state index in [2.05, 4.69) is 26.8 Å². The largest absolute Gasteiger partial charge is 0.631 e. The van der Waals surface area contributed by atoms with Crippen LogP contribution in [-0.4, -0.2) is 78.4 Å². The first kappa shape index (κ1) is 27.7. The molecule has 1 aliphatic rings. The van der Waals surface area contributed by atoms with Crippen molar-refractivity contribution in [1.29, 1.82) is 0 Å². The van der Waals surface area contributed by atoms with Crippen LogP contribution in [0.4, 0.5) is 5.69 Å². The number of carbonyl (C=O) groups is 2. The highest BCUT2D eigenvalue weighted by atomic mass is 32.2. The van der Waals surface area contributed by atoms with Crippen LogP contribution < -0.4 is 4.72 Å². The van der Waals surface area contributed by atoms with Crippen LogP contribution in [0, 0.1) is 22.0 Å². The number of carbonyl (C=O) groups excluding carboxylic acids is 2. The van der Waals surface area contributed by atoms with Crippen LogP contribution >= 0.6 is 0 Å². The van der Waals surface area contributed by atoms with Crippen LogP contribution in [-0.2, 0) is 35.5 Å². The van der Waals surface area contributed by atoms with E-state index in [0.29, 0.717) is 19.4 Å². The molecule has 202 valence electrons. The first-order valence-corrected chi connectivity index (χ1v) is 13.2. The Labute approximate surface area is 223 Å². The molecule has 1 atom stereocenters. The summed E-state index contributed by atoms with van der Waals surface area (Å²) in [6.45, 7) is 0.0143. The number of rotatable bonds is 8. The van der Waals surface area contributed by atoms with Gasteiger partial charge in [0.25, 0.3) is 5.69 Å². The van der Waals surface area contributed by atoms with Gasteiger partial charge in [-0.25, -0.2) is 8.42 Å². The van der Waals surface area contributed by atoms with Crippen molar-refractivity contribution in [2.24, 2.45) is 0 Å². The predicted octanol–water partition coefficient (Wildman–Crippen LogP) is 0.529. The van der Waals surface area contributed by atoms with Gasteiger partial charge in [-0.05, 0) is 37.7 Å². The maximum absolute atomic E-state index is 13.0. The van der Waals surface area contributed by atoms with E-state index >= 15 is 0 Å². The van der Waals surface area contributed by atoms with Crippen molar-refractivity contribution in [1.82, 2.24) is 24.6 Å². The summed E-state index contributed by atoms with van der Waals surface area (Å²) < 4.78 is 38.8. The maximum Gasteiger partial charge on any atom is 0.631 e. The fourth-order valence-electron chi connectivity index (χ4n) is 3.62. The SMILES string of the molecule is CN1CC(=O)OB(C(C#CCCCn2nc3ccccc3n2)NS(=O)(=O)c2ccc([N+](=O)[O-])cc2)OC(=O)C1. The summed E-state index contributed by atoms with van der Waals surface area (Å²) in [7, 11) is -4.44. The minimum Gasteiger partial charge on any atom is -0.497 e. The average molecular weight is 554 g/mol. The number of nitro groups is 1. The molecule has 1 fully saturated rings. The molecule has 2 aromatic carbocycles. The molecule has 1 N–H and O–H groups in total. The zero-order valence-electron chi connectivity index (χ0n) is 20.7. The topological polar surface area (TPSA) is 176 Å². The Hall–Kier alpha value is -4.33. The molecule has 1 aliphatic heterocycles. The fourth-order valence-corrected chi connectivity index (χ4v) is 4.76. The monoisotopic (exact) mass is 554 g/mol. The molecule has 1 unspecified atom stereocenters. The Morgan fingerprint density at radius 2 is 1.67 bits per heavy atom. The van der Waals surface area contributed by atoms with Gasteiger partial charge in [-0.3, -0.25) is 24.6 Å². The third-order valence-corrected chi connectivity index (χ3v) is 6.91. The third kappa shape index (κ3) is 7.38. The highest BCUT2D eigenvalue weighted by molar-refractivity contribution is 7.89. The number of aromatic nitrogens is 3. The Morgan fingerprint density at radius 1 is 1.08 bits per heavy atom. The molecule has 14 nitrogen and oxygen atoms in total. The molecular formula is C23H23BN6O8S. The summed E-state index contributed by atoms with van der Waals surface area (Å²) in [4.78, 5) is 37.4. The number of sulfonamides is 1. The molecule has 1 saturated heterocycles. The molecule has 0 amide bonds. The Kier molecular flexibility index (Phi) is 8.54. The number of unbranched alkanes of at least 4 members (excludes halogenated alkanes) is 1. The first-order valence-electron chi connectivity index (χ1n) is 11.7. The number of fused-ring (bicyclic) bond motifs is 1. The molecule has 4 rings (SSSR count). The second-order valence-electron chi connectivity index (χ2n) is 8.58. The molecule has 2 heterocycles. The van der Waals surface area contributed by atoms with Crippen molar-refractivity contribution in [3.8, 4) is 11.8 Å². The van der Waals surface area contributed by atoms with E-state index in [1.807, 2.05) is 24.3 Å². The van der Waals surface area contributed by atoms with Gasteiger partial charge in [0.15, 0.2) is 0 Å². The lowest BCUT2D eigenvalue weighted by Crippen LogP contribution is -2.53. The molecule has 0 bridgehead atoms.